The van der Waals surface area contributed by atoms with E-state index in [9.17, 15) is 4.79 Å². The van der Waals surface area contributed by atoms with Crippen LogP contribution in [0.25, 0.3) is 0 Å². The molecule has 3 aromatic rings. The number of ether oxygens (including phenoxy) is 1. The molecule has 0 radical (unpaired) electrons. The number of carbonyl (C=O) groups excluding carboxylic acids is 1. The molecule has 1 aliphatic heterocycles. The van der Waals surface area contributed by atoms with Crippen LogP contribution >= 0.6 is 0 Å². The molecule has 1 amide bonds. The topological polar surface area (TPSA) is 70.6 Å². The first kappa shape index (κ1) is 20.8. The molecule has 0 unspecified atom stereocenters. The van der Waals surface area contributed by atoms with Gasteiger partial charge in [0.2, 0.25) is 11.9 Å². The lowest BCUT2D eigenvalue weighted by Gasteiger charge is -2.28. The lowest BCUT2D eigenvalue weighted by atomic mass is 9.90. The van der Waals surface area contributed by atoms with E-state index in [0.717, 1.165) is 24.2 Å². The Labute approximate surface area is 182 Å². The fraction of sp³-hybridized carbons (Fsp3) is 0.292. The van der Waals surface area contributed by atoms with E-state index >= 15 is 0 Å². The molecule has 0 bridgehead atoms. The molecule has 1 aromatic heterocycles. The summed E-state index contributed by atoms with van der Waals surface area (Å²) in [7, 11) is 3.82. The summed E-state index contributed by atoms with van der Waals surface area (Å²) in [5, 5.41) is 3.07. The Morgan fingerprint density at radius 2 is 1.58 bits per heavy atom. The Balaban J connectivity index is 1.64. The van der Waals surface area contributed by atoms with Crippen LogP contribution in [0.1, 0.15) is 17.0 Å². The van der Waals surface area contributed by atoms with Gasteiger partial charge in [-0.15, -0.1) is 0 Å². The number of carbonyl (C=O) groups is 1. The summed E-state index contributed by atoms with van der Waals surface area (Å²) in [6.07, 6.45) is 1.69. The number of rotatable bonds is 6. The van der Waals surface area contributed by atoms with Crippen molar-refractivity contribution in [2.75, 3.05) is 55.5 Å². The molecular formula is C24H27N5O2. The summed E-state index contributed by atoms with van der Waals surface area (Å²) in [5.41, 5.74) is 2.45. The molecule has 7 nitrogen and oxygen atoms in total. The first-order chi connectivity index (χ1) is 15.1. The molecule has 4 rings (SSSR count). The number of morpholine rings is 1. The molecule has 0 saturated carbocycles. The SMILES string of the molecule is CN(C)c1nc(N2CCOCC2)ncc1NC(=O)C(c1ccccc1)c1ccccc1. The van der Waals surface area contributed by atoms with Gasteiger partial charge in [0.05, 0.1) is 25.3 Å². The Hall–Kier alpha value is -3.45. The molecule has 1 aliphatic rings. The van der Waals surface area contributed by atoms with E-state index in [1.807, 2.05) is 79.7 Å². The van der Waals surface area contributed by atoms with Crippen molar-refractivity contribution in [1.29, 1.82) is 0 Å². The van der Waals surface area contributed by atoms with Gasteiger partial charge < -0.3 is 19.9 Å². The van der Waals surface area contributed by atoms with E-state index < -0.39 is 5.92 Å². The summed E-state index contributed by atoms with van der Waals surface area (Å²) >= 11 is 0. The fourth-order valence-corrected chi connectivity index (χ4v) is 3.70. The molecular weight excluding hydrogens is 390 g/mol. The number of aromatic nitrogens is 2. The van der Waals surface area contributed by atoms with Gasteiger partial charge in [-0.1, -0.05) is 60.7 Å². The molecule has 1 fully saturated rings. The monoisotopic (exact) mass is 417 g/mol. The van der Waals surface area contributed by atoms with Crippen LogP contribution in [0.5, 0.6) is 0 Å². The molecule has 31 heavy (non-hydrogen) atoms. The zero-order chi connectivity index (χ0) is 21.6. The highest BCUT2D eigenvalue weighted by molar-refractivity contribution is 6.00. The maximum absolute atomic E-state index is 13.5. The second-order valence-electron chi connectivity index (χ2n) is 7.64. The number of benzene rings is 2. The Bertz CT molecular complexity index is 965. The van der Waals surface area contributed by atoms with Crippen molar-refractivity contribution >= 4 is 23.4 Å². The first-order valence-electron chi connectivity index (χ1n) is 10.4. The van der Waals surface area contributed by atoms with E-state index in [4.69, 9.17) is 9.72 Å². The number of nitrogens with zero attached hydrogens (tertiary/aromatic N) is 4. The lowest BCUT2D eigenvalue weighted by Crippen LogP contribution is -2.37. The van der Waals surface area contributed by atoms with Crippen molar-refractivity contribution in [3.63, 3.8) is 0 Å². The number of hydrogen-bond donors (Lipinski definition) is 1. The molecule has 2 heterocycles. The summed E-state index contributed by atoms with van der Waals surface area (Å²) < 4.78 is 5.42. The van der Waals surface area contributed by atoms with Crippen LogP contribution in [0, 0.1) is 0 Å². The minimum absolute atomic E-state index is 0.122. The van der Waals surface area contributed by atoms with E-state index in [1.165, 1.54) is 0 Å². The van der Waals surface area contributed by atoms with Crippen molar-refractivity contribution in [2.45, 2.75) is 5.92 Å². The molecule has 7 heteroatoms. The van der Waals surface area contributed by atoms with E-state index in [2.05, 4.69) is 15.2 Å². The average molecular weight is 418 g/mol. The predicted molar refractivity (Wildman–Crippen MR) is 123 cm³/mol. The van der Waals surface area contributed by atoms with Gasteiger partial charge in [-0.3, -0.25) is 4.79 Å². The number of anilines is 3. The van der Waals surface area contributed by atoms with Crippen LogP contribution in [0.3, 0.4) is 0 Å². The molecule has 0 spiro atoms. The smallest absolute Gasteiger partial charge is 0.236 e. The predicted octanol–water partition coefficient (Wildman–Crippen LogP) is 3.15. The summed E-state index contributed by atoms with van der Waals surface area (Å²) in [6, 6.07) is 19.6. The quantitative estimate of drug-likeness (QED) is 0.664. The Morgan fingerprint density at radius 1 is 1.00 bits per heavy atom. The number of nitrogens with one attached hydrogen (secondary N) is 1. The van der Waals surface area contributed by atoms with Gasteiger partial charge in [0.1, 0.15) is 5.69 Å². The van der Waals surface area contributed by atoms with Gasteiger partial charge >= 0.3 is 0 Å². The normalized spacial score (nSPS) is 13.8. The first-order valence-corrected chi connectivity index (χ1v) is 10.4. The van der Waals surface area contributed by atoms with E-state index in [0.29, 0.717) is 30.7 Å². The van der Waals surface area contributed by atoms with Gasteiger partial charge in [0.25, 0.3) is 0 Å². The number of hydrogen-bond acceptors (Lipinski definition) is 6. The summed E-state index contributed by atoms with van der Waals surface area (Å²) in [4.78, 5) is 26.7. The zero-order valence-corrected chi connectivity index (χ0v) is 17.9. The summed E-state index contributed by atoms with van der Waals surface area (Å²) in [5.74, 6) is 0.761. The molecule has 0 aliphatic carbocycles. The van der Waals surface area contributed by atoms with Crippen LogP contribution < -0.4 is 15.1 Å². The van der Waals surface area contributed by atoms with Gasteiger partial charge in [-0.05, 0) is 11.1 Å². The zero-order valence-electron chi connectivity index (χ0n) is 17.9. The van der Waals surface area contributed by atoms with Crippen molar-refractivity contribution in [3.8, 4) is 0 Å². The maximum atomic E-state index is 13.5. The third-order valence-electron chi connectivity index (χ3n) is 5.26. The number of amides is 1. The van der Waals surface area contributed by atoms with Crippen LogP contribution in [0.4, 0.5) is 17.5 Å². The second-order valence-corrected chi connectivity index (χ2v) is 7.64. The van der Waals surface area contributed by atoms with Gasteiger partial charge in [-0.25, -0.2) is 4.98 Å². The molecule has 1 saturated heterocycles. The van der Waals surface area contributed by atoms with Crippen molar-refractivity contribution in [3.05, 3.63) is 78.0 Å². The molecule has 1 N–H and O–H groups in total. The molecule has 0 atom stereocenters. The maximum Gasteiger partial charge on any atom is 0.236 e. The third kappa shape index (κ3) is 4.83. The third-order valence-corrected chi connectivity index (χ3v) is 5.26. The average Bonchev–Trinajstić information content (AvgIpc) is 2.81. The van der Waals surface area contributed by atoms with Crippen molar-refractivity contribution in [1.82, 2.24) is 9.97 Å². The largest absolute Gasteiger partial charge is 0.378 e. The van der Waals surface area contributed by atoms with Crippen molar-refractivity contribution < 1.29 is 9.53 Å². The van der Waals surface area contributed by atoms with E-state index in [1.54, 1.807) is 6.20 Å². The highest BCUT2D eigenvalue weighted by Crippen LogP contribution is 2.29. The Morgan fingerprint density at radius 3 is 2.13 bits per heavy atom. The van der Waals surface area contributed by atoms with Crippen LogP contribution in [-0.4, -0.2) is 56.3 Å². The highest BCUT2D eigenvalue weighted by Gasteiger charge is 2.25. The Kier molecular flexibility index (Phi) is 6.43. The standard InChI is InChI=1S/C24H27N5O2/c1-28(2)22-20(17-25-24(27-22)29-13-15-31-16-14-29)26-23(30)21(18-9-5-3-6-10-18)19-11-7-4-8-12-19/h3-12,17,21H,13-16H2,1-2H3,(H,26,30). The second kappa shape index (κ2) is 9.57. The fourth-order valence-electron chi connectivity index (χ4n) is 3.70. The molecule has 2 aromatic carbocycles. The lowest BCUT2D eigenvalue weighted by molar-refractivity contribution is -0.116. The van der Waals surface area contributed by atoms with Crippen LogP contribution in [-0.2, 0) is 9.53 Å². The minimum atomic E-state index is -0.434. The van der Waals surface area contributed by atoms with Gasteiger partial charge in [0.15, 0.2) is 5.82 Å². The van der Waals surface area contributed by atoms with Crippen LogP contribution in [0.15, 0.2) is 66.9 Å². The highest BCUT2D eigenvalue weighted by atomic mass is 16.5. The van der Waals surface area contributed by atoms with Gasteiger partial charge in [0, 0.05) is 27.2 Å². The van der Waals surface area contributed by atoms with Gasteiger partial charge in [-0.2, -0.15) is 4.98 Å². The minimum Gasteiger partial charge on any atom is -0.378 e. The summed E-state index contributed by atoms with van der Waals surface area (Å²) in [6.45, 7) is 2.83. The van der Waals surface area contributed by atoms with Crippen molar-refractivity contribution in [2.24, 2.45) is 0 Å². The van der Waals surface area contributed by atoms with E-state index in [-0.39, 0.29) is 5.91 Å². The molecule has 160 valence electrons. The van der Waals surface area contributed by atoms with Crippen LogP contribution in [0.2, 0.25) is 0 Å².